The van der Waals surface area contributed by atoms with Gasteiger partial charge in [0.25, 0.3) is 0 Å². The van der Waals surface area contributed by atoms with Gasteiger partial charge in [-0.3, -0.25) is 4.79 Å². The highest BCUT2D eigenvalue weighted by molar-refractivity contribution is 5.83. The Morgan fingerprint density at radius 2 is 2.20 bits per heavy atom. The summed E-state index contributed by atoms with van der Waals surface area (Å²) in [5, 5.41) is 1.19. The molecule has 1 amide bonds. The number of carbonyl (C=O) groups excluding carboxylic acids is 1. The van der Waals surface area contributed by atoms with Crippen LogP contribution in [0.2, 0.25) is 0 Å². The van der Waals surface area contributed by atoms with Crippen molar-refractivity contribution in [3.05, 3.63) is 36.0 Å². The van der Waals surface area contributed by atoms with E-state index < -0.39 is 0 Å². The molecule has 1 aromatic heterocycles. The number of rotatable bonds is 2. The standard InChI is InChI=1S/C12H14N2O/c1-9(15)14(2)8-10-4-3-5-12-11(10)6-7-13-12/h3-7,13H,8H2,1-2H3. The van der Waals surface area contributed by atoms with Crippen molar-refractivity contribution in [1.29, 1.82) is 0 Å². The summed E-state index contributed by atoms with van der Waals surface area (Å²) in [7, 11) is 1.81. The molecular formula is C12H14N2O. The molecule has 2 rings (SSSR count). The number of aromatic nitrogens is 1. The van der Waals surface area contributed by atoms with Gasteiger partial charge in [-0.1, -0.05) is 12.1 Å². The average Bonchev–Trinajstić information content (AvgIpc) is 2.66. The summed E-state index contributed by atoms with van der Waals surface area (Å²) in [5.74, 6) is 0.0857. The highest BCUT2D eigenvalue weighted by Crippen LogP contribution is 2.18. The number of carbonyl (C=O) groups is 1. The second kappa shape index (κ2) is 3.77. The van der Waals surface area contributed by atoms with Gasteiger partial charge in [0.2, 0.25) is 5.91 Å². The Morgan fingerprint density at radius 3 is 2.93 bits per heavy atom. The fourth-order valence-electron chi connectivity index (χ4n) is 1.66. The van der Waals surface area contributed by atoms with Crippen molar-refractivity contribution >= 4 is 16.8 Å². The number of amides is 1. The lowest BCUT2D eigenvalue weighted by Gasteiger charge is -2.15. The summed E-state index contributed by atoms with van der Waals surface area (Å²) in [6, 6.07) is 8.13. The molecule has 0 radical (unpaired) electrons. The molecule has 0 spiro atoms. The van der Waals surface area contributed by atoms with Crippen LogP contribution in [0.1, 0.15) is 12.5 Å². The molecule has 0 atom stereocenters. The fraction of sp³-hybridized carbons (Fsp3) is 0.250. The van der Waals surface area contributed by atoms with Crippen molar-refractivity contribution in [3.8, 4) is 0 Å². The molecular weight excluding hydrogens is 188 g/mol. The zero-order valence-electron chi connectivity index (χ0n) is 8.95. The predicted molar refractivity (Wildman–Crippen MR) is 60.4 cm³/mol. The Bertz CT molecular complexity index is 487. The molecule has 3 nitrogen and oxygen atoms in total. The van der Waals surface area contributed by atoms with Crippen LogP contribution in [0.5, 0.6) is 0 Å². The van der Waals surface area contributed by atoms with Crippen molar-refractivity contribution in [2.45, 2.75) is 13.5 Å². The number of hydrogen-bond acceptors (Lipinski definition) is 1. The Balaban J connectivity index is 2.35. The summed E-state index contributed by atoms with van der Waals surface area (Å²) in [6.45, 7) is 2.24. The van der Waals surface area contributed by atoms with Crippen LogP contribution in [0.3, 0.4) is 0 Å². The molecule has 1 heterocycles. The van der Waals surface area contributed by atoms with Gasteiger partial charge in [-0.25, -0.2) is 0 Å². The molecule has 1 N–H and O–H groups in total. The SMILES string of the molecule is CC(=O)N(C)Cc1cccc2[nH]ccc12. The van der Waals surface area contributed by atoms with E-state index >= 15 is 0 Å². The smallest absolute Gasteiger partial charge is 0.219 e. The van der Waals surface area contributed by atoms with Crippen LogP contribution in [0.15, 0.2) is 30.5 Å². The summed E-state index contributed by atoms with van der Waals surface area (Å²) < 4.78 is 0. The first-order valence-corrected chi connectivity index (χ1v) is 4.95. The number of hydrogen-bond donors (Lipinski definition) is 1. The maximum absolute atomic E-state index is 11.1. The lowest BCUT2D eigenvalue weighted by Crippen LogP contribution is -2.23. The van der Waals surface area contributed by atoms with Gasteiger partial charge in [0.05, 0.1) is 0 Å². The third kappa shape index (κ3) is 1.86. The van der Waals surface area contributed by atoms with Gasteiger partial charge in [0.15, 0.2) is 0 Å². The predicted octanol–water partition coefficient (Wildman–Crippen LogP) is 2.15. The third-order valence-electron chi connectivity index (χ3n) is 2.63. The first kappa shape index (κ1) is 9.77. The molecule has 0 aliphatic carbocycles. The third-order valence-corrected chi connectivity index (χ3v) is 2.63. The second-order valence-electron chi connectivity index (χ2n) is 3.73. The molecule has 15 heavy (non-hydrogen) atoms. The van der Waals surface area contributed by atoms with Gasteiger partial charge in [0.1, 0.15) is 0 Å². The van der Waals surface area contributed by atoms with Crippen molar-refractivity contribution in [3.63, 3.8) is 0 Å². The number of benzene rings is 1. The van der Waals surface area contributed by atoms with Crippen LogP contribution < -0.4 is 0 Å². The van der Waals surface area contributed by atoms with Crippen LogP contribution >= 0.6 is 0 Å². The molecule has 0 bridgehead atoms. The number of nitrogens with one attached hydrogen (secondary N) is 1. The minimum atomic E-state index is 0.0857. The second-order valence-corrected chi connectivity index (χ2v) is 3.73. The van der Waals surface area contributed by atoms with E-state index in [1.54, 1.807) is 11.8 Å². The minimum absolute atomic E-state index is 0.0857. The van der Waals surface area contributed by atoms with E-state index in [-0.39, 0.29) is 5.91 Å². The van der Waals surface area contributed by atoms with Crippen molar-refractivity contribution in [2.24, 2.45) is 0 Å². The van der Waals surface area contributed by atoms with E-state index in [0.717, 1.165) is 5.52 Å². The summed E-state index contributed by atoms with van der Waals surface area (Å²) in [5.41, 5.74) is 2.29. The molecule has 1 aromatic carbocycles. The monoisotopic (exact) mass is 202 g/mol. The maximum atomic E-state index is 11.1. The van der Waals surface area contributed by atoms with E-state index in [0.29, 0.717) is 6.54 Å². The van der Waals surface area contributed by atoms with E-state index in [9.17, 15) is 4.79 Å². The average molecular weight is 202 g/mol. The largest absolute Gasteiger partial charge is 0.361 e. The van der Waals surface area contributed by atoms with Gasteiger partial charge in [0, 0.05) is 37.6 Å². The van der Waals surface area contributed by atoms with Gasteiger partial charge in [-0.2, -0.15) is 0 Å². The van der Waals surface area contributed by atoms with Gasteiger partial charge in [-0.05, 0) is 17.7 Å². The van der Waals surface area contributed by atoms with Crippen molar-refractivity contribution < 1.29 is 4.79 Å². The van der Waals surface area contributed by atoms with Gasteiger partial charge < -0.3 is 9.88 Å². The van der Waals surface area contributed by atoms with Crippen LogP contribution in [0.25, 0.3) is 10.9 Å². The summed E-state index contributed by atoms with van der Waals surface area (Å²) in [6.07, 6.45) is 1.92. The Morgan fingerprint density at radius 1 is 1.40 bits per heavy atom. The Hall–Kier alpha value is -1.77. The van der Waals surface area contributed by atoms with E-state index in [1.165, 1.54) is 10.9 Å². The van der Waals surface area contributed by atoms with Gasteiger partial charge in [-0.15, -0.1) is 0 Å². The zero-order valence-corrected chi connectivity index (χ0v) is 8.95. The highest BCUT2D eigenvalue weighted by atomic mass is 16.2. The fourth-order valence-corrected chi connectivity index (χ4v) is 1.66. The molecule has 0 aliphatic rings. The van der Waals surface area contributed by atoms with E-state index in [1.807, 2.05) is 31.4 Å². The van der Waals surface area contributed by atoms with Gasteiger partial charge >= 0.3 is 0 Å². The van der Waals surface area contributed by atoms with Crippen LogP contribution in [-0.4, -0.2) is 22.8 Å². The quantitative estimate of drug-likeness (QED) is 0.795. The molecule has 0 saturated carbocycles. The molecule has 78 valence electrons. The topological polar surface area (TPSA) is 36.1 Å². The lowest BCUT2D eigenvalue weighted by atomic mass is 10.1. The molecule has 0 aliphatic heterocycles. The van der Waals surface area contributed by atoms with E-state index in [4.69, 9.17) is 0 Å². The van der Waals surface area contributed by atoms with Crippen LogP contribution in [-0.2, 0) is 11.3 Å². The Kier molecular flexibility index (Phi) is 2.46. The summed E-state index contributed by atoms with van der Waals surface area (Å²) >= 11 is 0. The first-order chi connectivity index (χ1) is 7.18. The first-order valence-electron chi connectivity index (χ1n) is 4.95. The van der Waals surface area contributed by atoms with E-state index in [2.05, 4.69) is 11.1 Å². The number of fused-ring (bicyclic) bond motifs is 1. The maximum Gasteiger partial charge on any atom is 0.219 e. The number of nitrogens with zero attached hydrogens (tertiary/aromatic N) is 1. The highest BCUT2D eigenvalue weighted by Gasteiger charge is 2.06. The van der Waals surface area contributed by atoms with Crippen molar-refractivity contribution in [2.75, 3.05) is 7.05 Å². The van der Waals surface area contributed by atoms with Crippen LogP contribution in [0, 0.1) is 0 Å². The Labute approximate surface area is 88.7 Å². The lowest BCUT2D eigenvalue weighted by molar-refractivity contribution is -0.128. The number of aromatic amines is 1. The molecule has 0 fully saturated rings. The molecule has 2 aromatic rings. The molecule has 0 saturated heterocycles. The number of H-pyrrole nitrogens is 1. The molecule has 0 unspecified atom stereocenters. The zero-order chi connectivity index (χ0) is 10.8. The van der Waals surface area contributed by atoms with Crippen molar-refractivity contribution in [1.82, 2.24) is 9.88 Å². The minimum Gasteiger partial charge on any atom is -0.361 e. The summed E-state index contributed by atoms with van der Waals surface area (Å²) in [4.78, 5) is 16.0. The molecule has 3 heteroatoms. The normalized spacial score (nSPS) is 10.5. The van der Waals surface area contributed by atoms with Crippen LogP contribution in [0.4, 0.5) is 0 Å².